The summed E-state index contributed by atoms with van der Waals surface area (Å²) in [6.45, 7) is 15.3. The number of benzene rings is 2. The lowest BCUT2D eigenvalue weighted by atomic mass is 9.73. The summed E-state index contributed by atoms with van der Waals surface area (Å²) >= 11 is 1.43. The van der Waals surface area contributed by atoms with Crippen LogP contribution < -0.4 is 10.2 Å². The zero-order chi connectivity index (χ0) is 52.1. The summed E-state index contributed by atoms with van der Waals surface area (Å²) in [7, 11) is 1.76. The number of nitrogens with one attached hydrogen (secondary N) is 1. The minimum absolute atomic E-state index is 0.0306. The van der Waals surface area contributed by atoms with Crippen molar-refractivity contribution >= 4 is 62.1 Å². The molecule has 4 amide bonds. The van der Waals surface area contributed by atoms with Crippen molar-refractivity contribution in [2.24, 2.45) is 11.3 Å². The number of amides is 4. The molecule has 2 atom stereocenters. The number of thiazole rings is 1. The number of nitrogens with zero attached hydrogens (tertiary/aromatic N) is 7. The molecule has 3 aromatic heterocycles. The van der Waals surface area contributed by atoms with Gasteiger partial charge in [-0.3, -0.25) is 34.1 Å². The normalized spacial score (nSPS) is 14.8. The van der Waals surface area contributed by atoms with E-state index in [2.05, 4.69) is 38.0 Å². The van der Waals surface area contributed by atoms with Crippen LogP contribution in [0.1, 0.15) is 110 Å². The molecule has 2 aliphatic heterocycles. The standard InChI is InChI=1S/C55H70N8O9S/c1-7-55(32-37(2)3,33-38(4)72-31-30-71-29-28-70-27-26-60(6)48(64)18-9-8-12-24-62-49(65)21-22-50(62)66)36-63-39(5)43(34-56-63)41-19-20-47(58-51(41)53(68)69)61-25-23-40-14-13-15-42(44(40)35-61)52(67)59-54-57-45-16-10-11-17-46(45)73-54/h10-11,13-17,19-22,34,37-38H,7-9,12,18,23-33,35-36H2,1-6H3,(H,68,69)(H,57,59,67). The zero-order valence-electron chi connectivity index (χ0n) is 43.1. The highest BCUT2D eigenvalue weighted by atomic mass is 32.1. The Morgan fingerprint density at radius 1 is 0.890 bits per heavy atom. The van der Waals surface area contributed by atoms with Gasteiger partial charge in [-0.25, -0.2) is 14.8 Å². The Labute approximate surface area is 431 Å². The summed E-state index contributed by atoms with van der Waals surface area (Å²) in [6, 6.07) is 17.2. The van der Waals surface area contributed by atoms with Crippen molar-refractivity contribution in [2.75, 3.05) is 69.9 Å². The second-order valence-electron chi connectivity index (χ2n) is 19.6. The fourth-order valence-electron chi connectivity index (χ4n) is 9.94. The van der Waals surface area contributed by atoms with E-state index in [0.29, 0.717) is 125 Å². The van der Waals surface area contributed by atoms with Crippen molar-refractivity contribution in [1.82, 2.24) is 29.5 Å². The number of carboxylic acid groups (broad SMARTS) is 1. The van der Waals surface area contributed by atoms with Crippen molar-refractivity contribution in [3.63, 3.8) is 0 Å². The maximum absolute atomic E-state index is 13.7. The van der Waals surface area contributed by atoms with E-state index in [1.165, 1.54) is 28.4 Å². The van der Waals surface area contributed by atoms with E-state index in [1.807, 2.05) is 71.1 Å². The Hall–Kier alpha value is -6.34. The number of anilines is 2. The fourth-order valence-corrected chi connectivity index (χ4v) is 10.8. The van der Waals surface area contributed by atoms with Crippen LogP contribution in [-0.4, -0.2) is 130 Å². The first kappa shape index (κ1) is 54.4. The van der Waals surface area contributed by atoms with Gasteiger partial charge in [-0.2, -0.15) is 5.10 Å². The molecule has 0 fully saturated rings. The fraction of sp³-hybridized carbons (Fsp3) is 0.491. The largest absolute Gasteiger partial charge is 0.476 e. The second-order valence-corrected chi connectivity index (χ2v) is 20.6. The number of aromatic carboxylic acids is 1. The monoisotopic (exact) mass is 1020 g/mol. The van der Waals surface area contributed by atoms with Crippen molar-refractivity contribution in [1.29, 1.82) is 0 Å². The lowest BCUT2D eigenvalue weighted by Gasteiger charge is -2.37. The van der Waals surface area contributed by atoms with E-state index in [-0.39, 0.29) is 40.8 Å². The number of carboxylic acids is 1. The van der Waals surface area contributed by atoms with Gasteiger partial charge in [-0.1, -0.05) is 62.8 Å². The molecule has 2 aliphatic rings. The van der Waals surface area contributed by atoms with Crippen LogP contribution in [-0.2, 0) is 48.1 Å². The second kappa shape index (κ2) is 25.5. The molecule has 18 heteroatoms. The number of rotatable bonds is 28. The first-order chi connectivity index (χ1) is 35.1. The molecule has 0 radical (unpaired) electrons. The topological polar surface area (TPSA) is 199 Å². The van der Waals surface area contributed by atoms with Crippen LogP contribution in [0.5, 0.6) is 0 Å². The lowest BCUT2D eigenvalue weighted by molar-refractivity contribution is -0.137. The number of ether oxygens (including phenoxy) is 3. The van der Waals surface area contributed by atoms with E-state index in [4.69, 9.17) is 24.3 Å². The first-order valence-electron chi connectivity index (χ1n) is 25.5. The number of carbonyl (C=O) groups is 5. The molecule has 73 heavy (non-hydrogen) atoms. The average molecular weight is 1020 g/mol. The van der Waals surface area contributed by atoms with Crippen molar-refractivity contribution in [3.05, 3.63) is 101 Å². The number of likely N-dealkylation sites (N-methyl/N-ethyl adjacent to an activating group) is 1. The molecule has 0 saturated carbocycles. The molecule has 17 nitrogen and oxygen atoms in total. The summed E-state index contributed by atoms with van der Waals surface area (Å²) < 4.78 is 20.8. The SMILES string of the molecule is CCC(CC(C)C)(CC(C)OCCOCCOCCN(C)C(=O)CCCCCN1C(=O)C=CC1=O)Cn1ncc(-c2ccc(N3CCc4cccc(C(=O)Nc5nc6ccccc6s5)c4C3)nc2C(=O)O)c1C. The Morgan fingerprint density at radius 3 is 2.38 bits per heavy atom. The number of hydrogen-bond acceptors (Lipinski definition) is 13. The molecule has 0 aliphatic carbocycles. The van der Waals surface area contributed by atoms with Crippen LogP contribution >= 0.6 is 11.3 Å². The number of para-hydroxylation sites is 1. The maximum atomic E-state index is 13.7. The van der Waals surface area contributed by atoms with E-state index in [0.717, 1.165) is 52.7 Å². The maximum Gasteiger partial charge on any atom is 0.355 e. The van der Waals surface area contributed by atoms with Crippen LogP contribution in [0.3, 0.4) is 0 Å². The predicted octanol–water partition coefficient (Wildman–Crippen LogP) is 8.59. The number of pyridine rings is 1. The molecule has 0 saturated heterocycles. The molecule has 390 valence electrons. The third-order valence-corrected chi connectivity index (χ3v) is 14.8. The van der Waals surface area contributed by atoms with Gasteiger partial charge in [0.2, 0.25) is 5.91 Å². The Morgan fingerprint density at radius 2 is 1.64 bits per heavy atom. The number of unbranched alkanes of at least 4 members (excludes halogenated alkanes) is 2. The molecule has 5 heterocycles. The van der Waals surface area contributed by atoms with Gasteiger partial charge in [0.1, 0.15) is 5.82 Å². The molecule has 0 spiro atoms. The highest BCUT2D eigenvalue weighted by Crippen LogP contribution is 2.40. The molecule has 0 bridgehead atoms. The van der Waals surface area contributed by atoms with Gasteiger partial charge in [0.15, 0.2) is 10.8 Å². The zero-order valence-corrected chi connectivity index (χ0v) is 43.9. The van der Waals surface area contributed by atoms with Gasteiger partial charge < -0.3 is 29.1 Å². The summed E-state index contributed by atoms with van der Waals surface area (Å²) in [5, 5.41) is 18.9. The Kier molecular flexibility index (Phi) is 19.1. The van der Waals surface area contributed by atoms with Crippen molar-refractivity contribution < 1.29 is 43.3 Å². The number of aromatic nitrogens is 4. The van der Waals surface area contributed by atoms with Crippen LogP contribution in [0.25, 0.3) is 21.3 Å². The van der Waals surface area contributed by atoms with Gasteiger partial charge in [0.25, 0.3) is 17.7 Å². The summed E-state index contributed by atoms with van der Waals surface area (Å²) in [5.74, 6) is -0.959. The summed E-state index contributed by atoms with van der Waals surface area (Å²) in [4.78, 5) is 76.7. The minimum Gasteiger partial charge on any atom is -0.476 e. The first-order valence-corrected chi connectivity index (χ1v) is 26.3. The third kappa shape index (κ3) is 14.2. The van der Waals surface area contributed by atoms with Gasteiger partial charge in [-0.05, 0) is 105 Å². The van der Waals surface area contributed by atoms with Crippen LogP contribution in [0, 0.1) is 18.3 Å². The van der Waals surface area contributed by atoms with E-state index >= 15 is 0 Å². The highest BCUT2D eigenvalue weighted by molar-refractivity contribution is 7.22. The predicted molar refractivity (Wildman–Crippen MR) is 282 cm³/mol. The highest BCUT2D eigenvalue weighted by Gasteiger charge is 2.34. The van der Waals surface area contributed by atoms with Crippen molar-refractivity contribution in [3.8, 4) is 11.1 Å². The van der Waals surface area contributed by atoms with E-state index in [1.54, 1.807) is 18.1 Å². The smallest absolute Gasteiger partial charge is 0.355 e. The number of carbonyl (C=O) groups excluding carboxylic acids is 4. The van der Waals surface area contributed by atoms with Crippen LogP contribution in [0.2, 0.25) is 0 Å². The number of fused-ring (bicyclic) bond motifs is 2. The third-order valence-electron chi connectivity index (χ3n) is 13.8. The van der Waals surface area contributed by atoms with Gasteiger partial charge >= 0.3 is 5.97 Å². The molecular weight excluding hydrogens is 949 g/mol. The summed E-state index contributed by atoms with van der Waals surface area (Å²) in [5.41, 5.74) is 5.19. The Balaban J connectivity index is 0.873. The van der Waals surface area contributed by atoms with Crippen LogP contribution in [0.4, 0.5) is 10.9 Å². The van der Waals surface area contributed by atoms with Gasteiger partial charge in [0.05, 0.1) is 55.6 Å². The Bertz CT molecular complexity index is 2720. The summed E-state index contributed by atoms with van der Waals surface area (Å²) in [6.07, 6.45) is 10.1. The van der Waals surface area contributed by atoms with Gasteiger partial charge in [0, 0.05) is 80.7 Å². The molecule has 5 aromatic rings. The van der Waals surface area contributed by atoms with E-state index < -0.39 is 5.97 Å². The minimum atomic E-state index is -1.13. The van der Waals surface area contributed by atoms with Crippen molar-refractivity contribution in [2.45, 2.75) is 105 Å². The average Bonchev–Trinajstić information content (AvgIpc) is 4.06. The molecular formula is C55H70N8O9S. The lowest BCUT2D eigenvalue weighted by Crippen LogP contribution is -2.33. The molecule has 2 N–H and O–H groups in total. The molecule has 7 rings (SSSR count). The van der Waals surface area contributed by atoms with E-state index in [9.17, 15) is 29.1 Å². The van der Waals surface area contributed by atoms with Crippen LogP contribution in [0.15, 0.2) is 72.9 Å². The molecule has 2 unspecified atom stereocenters. The number of imide groups is 1. The quantitative estimate of drug-likeness (QED) is 0.0357. The molecule has 2 aromatic carbocycles. The van der Waals surface area contributed by atoms with Gasteiger partial charge in [-0.15, -0.1) is 0 Å². The number of hydrogen-bond donors (Lipinski definition) is 2.